The molecule has 250 valence electrons. The quantitative estimate of drug-likeness (QED) is 0.239. The molecule has 1 unspecified atom stereocenters. The van der Waals surface area contributed by atoms with Crippen molar-refractivity contribution < 1.29 is 42.4 Å². The molecular formula is C32H42N4O9S. The van der Waals surface area contributed by atoms with Crippen molar-refractivity contribution in [1.29, 1.82) is 0 Å². The number of ether oxygens (including phenoxy) is 3. The fourth-order valence-electron chi connectivity index (χ4n) is 5.41. The number of aromatic nitrogens is 2. The van der Waals surface area contributed by atoms with Gasteiger partial charge < -0.3 is 29.3 Å². The lowest BCUT2D eigenvalue weighted by Crippen LogP contribution is -2.41. The van der Waals surface area contributed by atoms with Gasteiger partial charge >= 0.3 is 12.1 Å². The zero-order valence-electron chi connectivity index (χ0n) is 26.3. The normalized spacial score (nSPS) is 18.0. The summed E-state index contributed by atoms with van der Waals surface area (Å²) in [5.74, 6) is -0.696. The number of hydrogen-bond donors (Lipinski definition) is 3. The lowest BCUT2D eigenvalue weighted by molar-refractivity contribution is -0.0368. The van der Waals surface area contributed by atoms with E-state index >= 15 is 0 Å². The van der Waals surface area contributed by atoms with E-state index in [9.17, 15) is 28.2 Å². The molecule has 0 spiro atoms. The number of carboxylic acids is 1. The van der Waals surface area contributed by atoms with E-state index in [1.54, 1.807) is 67.9 Å². The van der Waals surface area contributed by atoms with Gasteiger partial charge in [0.2, 0.25) is 10.0 Å². The maximum absolute atomic E-state index is 13.2. The van der Waals surface area contributed by atoms with Crippen molar-refractivity contribution in [3.63, 3.8) is 0 Å². The van der Waals surface area contributed by atoms with Crippen LogP contribution in [0.3, 0.4) is 0 Å². The SMILES string of the molecule is CC(C)(C)OC(=O)N(CCOc1ccc2c(C(=O)O)nn(C3CCCCO3)c2c1)C[C@@H](O)c1cccc(NS(=O)(=O)C2CCC2)c1. The Morgan fingerprint density at radius 3 is 2.57 bits per heavy atom. The zero-order chi connectivity index (χ0) is 33.1. The van der Waals surface area contributed by atoms with Crippen molar-refractivity contribution in [2.75, 3.05) is 31.0 Å². The Morgan fingerprint density at radius 2 is 1.91 bits per heavy atom. The second-order valence-electron chi connectivity index (χ2n) is 12.7. The predicted molar refractivity (Wildman–Crippen MR) is 170 cm³/mol. The summed E-state index contributed by atoms with van der Waals surface area (Å²) in [6, 6.07) is 11.5. The van der Waals surface area contributed by atoms with Crippen LogP contribution < -0.4 is 9.46 Å². The number of benzene rings is 2. The lowest BCUT2D eigenvalue weighted by atomic mass is 10.0. The number of carbonyl (C=O) groups is 2. The Hall–Kier alpha value is -3.88. The van der Waals surface area contributed by atoms with Crippen LogP contribution in [0.15, 0.2) is 42.5 Å². The van der Waals surface area contributed by atoms with E-state index in [1.807, 2.05) is 0 Å². The van der Waals surface area contributed by atoms with Crippen LogP contribution in [0.4, 0.5) is 10.5 Å². The van der Waals surface area contributed by atoms with Crippen molar-refractivity contribution in [2.24, 2.45) is 0 Å². The maximum atomic E-state index is 13.2. The predicted octanol–water partition coefficient (Wildman–Crippen LogP) is 5.08. The summed E-state index contributed by atoms with van der Waals surface area (Å²) in [5.41, 5.74) is 0.485. The average molecular weight is 659 g/mol. The smallest absolute Gasteiger partial charge is 0.410 e. The number of fused-ring (bicyclic) bond motifs is 1. The van der Waals surface area contributed by atoms with Crippen LogP contribution in [0, 0.1) is 0 Å². The standard InChI is InChI=1S/C32H42N4O9S/c1-32(2,3)45-31(40)35(20-27(37)21-8-6-9-22(18-21)34-46(41,42)24-10-7-11-24)15-17-43-23-13-14-25-26(19-23)36(33-29(25)30(38)39)28-12-4-5-16-44-28/h6,8-9,13-14,18-19,24,27-28,34,37H,4-5,7,10-12,15-17,20H2,1-3H3,(H,38,39)/t27-,28?/m1/s1. The Kier molecular flexibility index (Phi) is 10.1. The molecule has 2 heterocycles. The number of anilines is 1. The number of aliphatic hydroxyl groups excluding tert-OH is 1. The zero-order valence-corrected chi connectivity index (χ0v) is 27.2. The van der Waals surface area contributed by atoms with E-state index in [0.717, 1.165) is 19.3 Å². The Morgan fingerprint density at radius 1 is 1.13 bits per heavy atom. The van der Waals surface area contributed by atoms with Gasteiger partial charge in [-0.2, -0.15) is 5.10 Å². The van der Waals surface area contributed by atoms with Crippen LogP contribution in [-0.4, -0.2) is 82.5 Å². The minimum Gasteiger partial charge on any atom is -0.492 e. The largest absolute Gasteiger partial charge is 0.492 e. The van der Waals surface area contributed by atoms with Crippen molar-refractivity contribution in [3.05, 3.63) is 53.7 Å². The molecule has 1 amide bonds. The molecule has 5 rings (SSSR count). The summed E-state index contributed by atoms with van der Waals surface area (Å²) < 4.78 is 46.9. The Balaban J connectivity index is 1.29. The first-order valence-corrected chi connectivity index (χ1v) is 17.1. The Bertz CT molecular complexity index is 1660. The first-order valence-electron chi connectivity index (χ1n) is 15.6. The molecule has 1 aliphatic heterocycles. The number of rotatable bonds is 12. The van der Waals surface area contributed by atoms with E-state index in [4.69, 9.17) is 14.2 Å². The van der Waals surface area contributed by atoms with Gasteiger partial charge in [-0.3, -0.25) is 4.72 Å². The highest BCUT2D eigenvalue weighted by Gasteiger charge is 2.31. The van der Waals surface area contributed by atoms with E-state index < -0.39 is 39.0 Å². The molecule has 46 heavy (non-hydrogen) atoms. The molecule has 2 atom stereocenters. The minimum absolute atomic E-state index is 0.0402. The van der Waals surface area contributed by atoms with Crippen molar-refractivity contribution in [1.82, 2.24) is 14.7 Å². The molecule has 1 saturated heterocycles. The monoisotopic (exact) mass is 658 g/mol. The fraction of sp³-hybridized carbons (Fsp3) is 0.531. The van der Waals surface area contributed by atoms with E-state index in [-0.39, 0.29) is 31.6 Å². The van der Waals surface area contributed by atoms with Gasteiger partial charge in [0.25, 0.3) is 0 Å². The molecule has 3 N–H and O–H groups in total. The van der Waals surface area contributed by atoms with E-state index in [2.05, 4.69) is 9.82 Å². The van der Waals surface area contributed by atoms with Crippen molar-refractivity contribution in [3.8, 4) is 5.75 Å². The number of hydrogen-bond acceptors (Lipinski definition) is 9. The molecule has 1 aromatic heterocycles. The highest BCUT2D eigenvalue weighted by molar-refractivity contribution is 7.93. The number of aliphatic hydroxyl groups is 1. The molecule has 0 radical (unpaired) electrons. The van der Waals surface area contributed by atoms with Gasteiger partial charge in [0, 0.05) is 23.7 Å². The van der Waals surface area contributed by atoms with E-state index in [0.29, 0.717) is 53.8 Å². The van der Waals surface area contributed by atoms with Crippen molar-refractivity contribution in [2.45, 2.75) is 82.5 Å². The van der Waals surface area contributed by atoms with Gasteiger partial charge in [0.1, 0.15) is 18.0 Å². The summed E-state index contributed by atoms with van der Waals surface area (Å²) in [6.45, 7) is 5.76. The van der Waals surface area contributed by atoms with Crippen LogP contribution in [-0.2, 0) is 19.5 Å². The highest BCUT2D eigenvalue weighted by atomic mass is 32.2. The van der Waals surface area contributed by atoms with Gasteiger partial charge in [-0.25, -0.2) is 22.7 Å². The number of carbonyl (C=O) groups excluding carboxylic acids is 1. The first kappa shape index (κ1) is 33.5. The second-order valence-corrected chi connectivity index (χ2v) is 14.7. The summed E-state index contributed by atoms with van der Waals surface area (Å²) in [7, 11) is -3.51. The van der Waals surface area contributed by atoms with Crippen LogP contribution >= 0.6 is 0 Å². The molecule has 3 aromatic rings. The van der Waals surface area contributed by atoms with Crippen LogP contribution in [0.1, 0.15) is 87.7 Å². The third kappa shape index (κ3) is 8.09. The van der Waals surface area contributed by atoms with Crippen LogP contribution in [0.2, 0.25) is 0 Å². The summed E-state index contributed by atoms with van der Waals surface area (Å²) in [6.07, 6.45) is 2.55. The first-order chi connectivity index (χ1) is 21.8. The molecule has 2 fully saturated rings. The third-order valence-electron chi connectivity index (χ3n) is 8.01. The fourth-order valence-corrected chi connectivity index (χ4v) is 6.99. The van der Waals surface area contributed by atoms with Gasteiger partial charge in [0.15, 0.2) is 11.9 Å². The number of carboxylic acid groups (broad SMARTS) is 1. The highest BCUT2D eigenvalue weighted by Crippen LogP contribution is 2.31. The molecule has 2 aromatic carbocycles. The number of sulfonamides is 1. The number of amides is 1. The van der Waals surface area contributed by atoms with Gasteiger partial charge in [-0.15, -0.1) is 0 Å². The average Bonchev–Trinajstić information content (AvgIpc) is 3.34. The van der Waals surface area contributed by atoms with Gasteiger partial charge in [0.05, 0.1) is 30.0 Å². The van der Waals surface area contributed by atoms with E-state index in [1.165, 1.54) is 4.90 Å². The molecule has 2 aliphatic rings. The summed E-state index contributed by atoms with van der Waals surface area (Å²) >= 11 is 0. The second kappa shape index (κ2) is 13.9. The lowest BCUT2D eigenvalue weighted by Gasteiger charge is -2.29. The number of aromatic carboxylic acids is 1. The van der Waals surface area contributed by atoms with Crippen LogP contribution in [0.25, 0.3) is 10.9 Å². The minimum atomic E-state index is -3.51. The van der Waals surface area contributed by atoms with Gasteiger partial charge in [-0.1, -0.05) is 18.6 Å². The summed E-state index contributed by atoms with van der Waals surface area (Å²) in [5, 5.41) is 25.2. The molecule has 13 nitrogen and oxygen atoms in total. The molecule has 1 aliphatic carbocycles. The third-order valence-corrected chi connectivity index (χ3v) is 9.88. The van der Waals surface area contributed by atoms with Crippen LogP contribution in [0.5, 0.6) is 5.75 Å². The topological polar surface area (TPSA) is 170 Å². The maximum Gasteiger partial charge on any atom is 0.410 e. The number of nitrogens with one attached hydrogen (secondary N) is 1. The number of nitrogens with zero attached hydrogens (tertiary/aromatic N) is 3. The van der Waals surface area contributed by atoms with Gasteiger partial charge in [-0.05, 0) is 82.7 Å². The van der Waals surface area contributed by atoms with Crippen molar-refractivity contribution >= 4 is 38.7 Å². The summed E-state index contributed by atoms with van der Waals surface area (Å²) in [4.78, 5) is 26.4. The Labute approximate surface area is 268 Å². The molecule has 14 heteroatoms. The molecular weight excluding hydrogens is 616 g/mol. The molecule has 0 bridgehead atoms. The molecule has 1 saturated carbocycles.